The van der Waals surface area contributed by atoms with Gasteiger partial charge in [0.05, 0.1) is 16.8 Å². The second-order valence-corrected chi connectivity index (χ2v) is 6.41. The minimum absolute atomic E-state index is 0. The van der Waals surface area contributed by atoms with Crippen molar-refractivity contribution in [3.8, 4) is 0 Å². The Kier molecular flexibility index (Phi) is 6.18. The van der Waals surface area contributed by atoms with Gasteiger partial charge in [-0.1, -0.05) is 26.0 Å². The summed E-state index contributed by atoms with van der Waals surface area (Å²) in [6.07, 6.45) is 4.10. The smallest absolute Gasteiger partial charge is 0.261 e. The SMILES string of the molecule is CCC(C)c1ccc(S(=O)(=O)Nc2cccnc2)cc1.[Cl-]. The van der Waals surface area contributed by atoms with Crippen LogP contribution in [0.25, 0.3) is 0 Å². The van der Waals surface area contributed by atoms with Crippen molar-refractivity contribution in [1.82, 2.24) is 4.98 Å². The molecule has 0 saturated heterocycles. The van der Waals surface area contributed by atoms with Gasteiger partial charge in [-0.3, -0.25) is 9.71 Å². The van der Waals surface area contributed by atoms with E-state index in [1.165, 1.54) is 6.20 Å². The minimum atomic E-state index is -3.55. The zero-order valence-electron chi connectivity index (χ0n) is 12.0. The van der Waals surface area contributed by atoms with Crippen LogP contribution >= 0.6 is 0 Å². The fourth-order valence-electron chi connectivity index (χ4n) is 1.85. The summed E-state index contributed by atoms with van der Waals surface area (Å²) in [7, 11) is -3.55. The molecule has 2 rings (SSSR count). The van der Waals surface area contributed by atoms with E-state index in [2.05, 4.69) is 23.6 Å². The predicted molar refractivity (Wildman–Crippen MR) is 80.2 cm³/mol. The monoisotopic (exact) mass is 325 g/mol. The van der Waals surface area contributed by atoms with Gasteiger partial charge in [0.15, 0.2) is 0 Å². The Balaban J connectivity index is 0.00000220. The van der Waals surface area contributed by atoms with Gasteiger partial charge in [0, 0.05) is 6.20 Å². The van der Waals surface area contributed by atoms with E-state index >= 15 is 0 Å². The van der Waals surface area contributed by atoms with Crippen molar-refractivity contribution in [3.05, 3.63) is 54.4 Å². The Hall–Kier alpha value is -1.59. The van der Waals surface area contributed by atoms with Gasteiger partial charge < -0.3 is 12.4 Å². The van der Waals surface area contributed by atoms with Crippen molar-refractivity contribution < 1.29 is 20.8 Å². The number of halogens is 1. The third-order valence-corrected chi connectivity index (χ3v) is 4.68. The van der Waals surface area contributed by atoms with Gasteiger partial charge in [0.2, 0.25) is 0 Å². The molecule has 0 aliphatic carbocycles. The summed E-state index contributed by atoms with van der Waals surface area (Å²) in [6, 6.07) is 10.4. The molecule has 0 bridgehead atoms. The molecule has 0 radical (unpaired) electrons. The number of nitrogens with one attached hydrogen (secondary N) is 1. The lowest BCUT2D eigenvalue weighted by Gasteiger charge is -2.11. The molecular weight excluding hydrogens is 308 g/mol. The van der Waals surface area contributed by atoms with E-state index in [0.717, 1.165) is 12.0 Å². The van der Waals surface area contributed by atoms with Gasteiger partial charge in [0.1, 0.15) is 0 Å². The third-order valence-electron chi connectivity index (χ3n) is 3.29. The number of rotatable bonds is 5. The molecule has 4 nitrogen and oxygen atoms in total. The van der Waals surface area contributed by atoms with Crippen molar-refractivity contribution >= 4 is 15.7 Å². The van der Waals surface area contributed by atoms with Crippen molar-refractivity contribution in [2.24, 2.45) is 0 Å². The minimum Gasteiger partial charge on any atom is -1.00 e. The molecule has 1 atom stereocenters. The molecule has 1 aromatic heterocycles. The van der Waals surface area contributed by atoms with Crippen LogP contribution in [0.2, 0.25) is 0 Å². The molecule has 0 fully saturated rings. The Bertz CT molecular complexity index is 658. The highest BCUT2D eigenvalue weighted by Crippen LogP contribution is 2.21. The maximum Gasteiger partial charge on any atom is 0.261 e. The molecule has 114 valence electrons. The Morgan fingerprint density at radius 2 is 1.86 bits per heavy atom. The molecule has 1 heterocycles. The fourth-order valence-corrected chi connectivity index (χ4v) is 2.89. The first-order valence-electron chi connectivity index (χ1n) is 6.55. The summed E-state index contributed by atoms with van der Waals surface area (Å²) in [5.74, 6) is 0.429. The highest BCUT2D eigenvalue weighted by molar-refractivity contribution is 7.92. The van der Waals surface area contributed by atoms with E-state index in [-0.39, 0.29) is 17.3 Å². The highest BCUT2D eigenvalue weighted by atomic mass is 35.5. The molecule has 0 amide bonds. The molecular formula is C15H18ClN2O2S-. The first kappa shape index (κ1) is 17.5. The molecule has 1 N–H and O–H groups in total. The zero-order chi connectivity index (χ0) is 14.6. The predicted octanol–water partition coefficient (Wildman–Crippen LogP) is 0.400. The lowest BCUT2D eigenvalue weighted by Crippen LogP contribution is -3.00. The second kappa shape index (κ2) is 7.43. The van der Waals surface area contributed by atoms with E-state index in [0.29, 0.717) is 11.6 Å². The van der Waals surface area contributed by atoms with Crippen LogP contribution in [0.4, 0.5) is 5.69 Å². The Morgan fingerprint density at radius 3 is 2.38 bits per heavy atom. The van der Waals surface area contributed by atoms with Gasteiger partial charge in [-0.05, 0) is 42.2 Å². The van der Waals surface area contributed by atoms with Crippen LogP contribution in [-0.4, -0.2) is 13.4 Å². The van der Waals surface area contributed by atoms with Crippen LogP contribution in [0.1, 0.15) is 31.7 Å². The first-order valence-corrected chi connectivity index (χ1v) is 8.04. The highest BCUT2D eigenvalue weighted by Gasteiger charge is 2.14. The Morgan fingerprint density at radius 1 is 1.19 bits per heavy atom. The quantitative estimate of drug-likeness (QED) is 0.865. The van der Waals surface area contributed by atoms with E-state index in [1.807, 2.05) is 12.1 Å². The number of nitrogens with zero attached hydrogens (tertiary/aromatic N) is 1. The average molecular weight is 326 g/mol. The summed E-state index contributed by atoms with van der Waals surface area (Å²) in [6.45, 7) is 4.23. The van der Waals surface area contributed by atoms with Gasteiger partial charge >= 0.3 is 0 Å². The van der Waals surface area contributed by atoms with Gasteiger partial charge in [-0.15, -0.1) is 0 Å². The number of anilines is 1. The summed E-state index contributed by atoms with van der Waals surface area (Å²) in [4.78, 5) is 4.14. The lowest BCUT2D eigenvalue weighted by molar-refractivity contribution is -0.00000662. The molecule has 0 saturated carbocycles. The first-order chi connectivity index (χ1) is 9.53. The molecule has 21 heavy (non-hydrogen) atoms. The van der Waals surface area contributed by atoms with E-state index in [4.69, 9.17) is 0 Å². The summed E-state index contributed by atoms with van der Waals surface area (Å²) < 4.78 is 26.9. The van der Waals surface area contributed by atoms with Crippen LogP contribution in [0, 0.1) is 0 Å². The fraction of sp³-hybridized carbons (Fsp3) is 0.267. The van der Waals surface area contributed by atoms with Crippen LogP contribution in [-0.2, 0) is 10.0 Å². The summed E-state index contributed by atoms with van der Waals surface area (Å²) in [5.41, 5.74) is 1.60. The third kappa shape index (κ3) is 4.44. The number of pyridine rings is 1. The number of hydrogen-bond acceptors (Lipinski definition) is 3. The van der Waals surface area contributed by atoms with Crippen LogP contribution < -0.4 is 17.1 Å². The molecule has 6 heteroatoms. The number of hydrogen-bond donors (Lipinski definition) is 1. The van der Waals surface area contributed by atoms with Crippen molar-refractivity contribution in [2.45, 2.75) is 31.1 Å². The second-order valence-electron chi connectivity index (χ2n) is 4.73. The summed E-state index contributed by atoms with van der Waals surface area (Å²) >= 11 is 0. The Labute approximate surface area is 132 Å². The summed E-state index contributed by atoms with van der Waals surface area (Å²) in [5, 5.41) is 0. The van der Waals surface area contributed by atoms with Crippen molar-refractivity contribution in [1.29, 1.82) is 0 Å². The molecule has 1 unspecified atom stereocenters. The topological polar surface area (TPSA) is 59.1 Å². The molecule has 0 aliphatic heterocycles. The van der Waals surface area contributed by atoms with Gasteiger partial charge in [0.25, 0.3) is 10.0 Å². The number of aromatic nitrogens is 1. The van der Waals surface area contributed by atoms with E-state index in [9.17, 15) is 8.42 Å². The van der Waals surface area contributed by atoms with Crippen molar-refractivity contribution in [2.75, 3.05) is 4.72 Å². The molecule has 1 aromatic carbocycles. The number of benzene rings is 1. The van der Waals surface area contributed by atoms with E-state index < -0.39 is 10.0 Å². The van der Waals surface area contributed by atoms with Crippen molar-refractivity contribution in [3.63, 3.8) is 0 Å². The zero-order valence-corrected chi connectivity index (χ0v) is 13.5. The molecule has 2 aromatic rings. The molecule has 0 aliphatic rings. The normalized spacial score (nSPS) is 12.3. The van der Waals surface area contributed by atoms with E-state index in [1.54, 1.807) is 30.5 Å². The lowest BCUT2D eigenvalue weighted by atomic mass is 9.99. The van der Waals surface area contributed by atoms with Crippen LogP contribution in [0.15, 0.2) is 53.7 Å². The van der Waals surface area contributed by atoms with Crippen LogP contribution in [0.5, 0.6) is 0 Å². The maximum absolute atomic E-state index is 12.2. The largest absolute Gasteiger partial charge is 1.00 e. The van der Waals surface area contributed by atoms with Gasteiger partial charge in [-0.2, -0.15) is 0 Å². The van der Waals surface area contributed by atoms with Crippen LogP contribution in [0.3, 0.4) is 0 Å². The average Bonchev–Trinajstić information content (AvgIpc) is 2.47. The van der Waals surface area contributed by atoms with Gasteiger partial charge in [-0.25, -0.2) is 8.42 Å². The molecule has 0 spiro atoms. The standard InChI is InChI=1S/C15H18N2O2S.ClH/c1-3-12(2)13-6-8-15(9-7-13)20(18,19)17-14-5-4-10-16-11-14;/h4-12,17H,3H2,1-2H3;1H/p-1. The number of sulfonamides is 1. The maximum atomic E-state index is 12.2.